The Morgan fingerprint density at radius 3 is 2.78 bits per heavy atom. The minimum Gasteiger partial charge on any atom is -0.494 e. The lowest BCUT2D eigenvalue weighted by atomic mass is 10.2. The van der Waals surface area contributed by atoms with Crippen molar-refractivity contribution >= 4 is 32.6 Å². The van der Waals surface area contributed by atoms with Crippen molar-refractivity contribution in [2.75, 3.05) is 11.5 Å². The van der Waals surface area contributed by atoms with Crippen molar-refractivity contribution < 1.29 is 18.3 Å². The van der Waals surface area contributed by atoms with Crippen LogP contribution >= 0.6 is 11.3 Å². The van der Waals surface area contributed by atoms with Gasteiger partial charge in [0.15, 0.2) is 10.9 Å². The van der Waals surface area contributed by atoms with Gasteiger partial charge in [-0.3, -0.25) is 14.7 Å². The molecule has 5 nitrogen and oxygen atoms in total. The largest absolute Gasteiger partial charge is 0.494 e. The Morgan fingerprint density at radius 2 is 2.00 bits per heavy atom. The number of anilines is 1. The molecule has 0 fully saturated rings. The molecule has 0 atom stereocenters. The summed E-state index contributed by atoms with van der Waals surface area (Å²) in [4.78, 5) is 23.5. The van der Waals surface area contributed by atoms with E-state index in [4.69, 9.17) is 4.74 Å². The first-order valence-electron chi connectivity index (χ1n) is 10.3. The van der Waals surface area contributed by atoms with Crippen LogP contribution in [-0.4, -0.2) is 22.5 Å². The molecule has 32 heavy (non-hydrogen) atoms. The maximum atomic E-state index is 14.2. The Morgan fingerprint density at radius 1 is 1.12 bits per heavy atom. The fraction of sp³-hybridized carbons (Fsp3) is 0.208. The molecule has 0 saturated heterocycles. The van der Waals surface area contributed by atoms with Gasteiger partial charge in [-0.25, -0.2) is 13.8 Å². The Balaban J connectivity index is 1.71. The van der Waals surface area contributed by atoms with Crippen LogP contribution in [0.3, 0.4) is 0 Å². The summed E-state index contributed by atoms with van der Waals surface area (Å²) in [6.45, 7) is 2.77. The van der Waals surface area contributed by atoms with Crippen LogP contribution in [0.5, 0.6) is 5.75 Å². The zero-order chi connectivity index (χ0) is 22.5. The standard InChI is InChI=1S/C24H21F2N3O2S/c1-2-3-11-31-19-9-6-7-16(12-19)23(30)29(15-18-8-4-5-10-27-18)24-28-22-20(26)13-17(25)14-21(22)32-24/h4-10,12-14H,2-3,11,15H2,1H3. The van der Waals surface area contributed by atoms with Crippen LogP contribution in [0, 0.1) is 11.6 Å². The topological polar surface area (TPSA) is 55.3 Å². The van der Waals surface area contributed by atoms with Gasteiger partial charge in [0.05, 0.1) is 23.5 Å². The van der Waals surface area contributed by atoms with E-state index in [-0.39, 0.29) is 23.1 Å². The van der Waals surface area contributed by atoms with Crippen molar-refractivity contribution in [1.29, 1.82) is 0 Å². The van der Waals surface area contributed by atoms with Gasteiger partial charge in [-0.2, -0.15) is 0 Å². The normalized spacial score (nSPS) is 11.0. The van der Waals surface area contributed by atoms with E-state index in [0.717, 1.165) is 30.2 Å². The maximum absolute atomic E-state index is 14.2. The molecule has 2 heterocycles. The summed E-state index contributed by atoms with van der Waals surface area (Å²) in [6, 6.07) is 14.3. The molecule has 0 saturated carbocycles. The summed E-state index contributed by atoms with van der Waals surface area (Å²) >= 11 is 1.05. The minimum absolute atomic E-state index is 0.0295. The molecule has 0 aliphatic heterocycles. The molecule has 2 aromatic heterocycles. The van der Waals surface area contributed by atoms with Gasteiger partial charge in [-0.15, -0.1) is 0 Å². The highest BCUT2D eigenvalue weighted by atomic mass is 32.1. The molecule has 164 valence electrons. The molecule has 4 rings (SSSR count). The van der Waals surface area contributed by atoms with Gasteiger partial charge >= 0.3 is 0 Å². The van der Waals surface area contributed by atoms with Crippen LogP contribution in [0.1, 0.15) is 35.8 Å². The van der Waals surface area contributed by atoms with Crippen molar-refractivity contribution in [3.8, 4) is 5.75 Å². The molecule has 0 radical (unpaired) electrons. The number of carbonyl (C=O) groups excluding carboxylic acids is 1. The minimum atomic E-state index is -0.765. The van der Waals surface area contributed by atoms with Gasteiger partial charge in [0, 0.05) is 17.8 Å². The van der Waals surface area contributed by atoms with Crippen molar-refractivity contribution in [3.05, 3.63) is 83.7 Å². The Kier molecular flexibility index (Phi) is 6.70. The molecular formula is C24H21F2N3O2S. The van der Waals surface area contributed by atoms with E-state index in [2.05, 4.69) is 16.9 Å². The number of carbonyl (C=O) groups is 1. The van der Waals surface area contributed by atoms with Crippen LogP contribution in [0.2, 0.25) is 0 Å². The molecule has 0 aliphatic rings. The third kappa shape index (κ3) is 4.91. The quantitative estimate of drug-likeness (QED) is 0.307. The first-order valence-corrected chi connectivity index (χ1v) is 11.1. The molecule has 0 unspecified atom stereocenters. The highest BCUT2D eigenvalue weighted by Gasteiger charge is 2.24. The maximum Gasteiger partial charge on any atom is 0.260 e. The zero-order valence-electron chi connectivity index (χ0n) is 17.4. The van der Waals surface area contributed by atoms with E-state index in [1.807, 2.05) is 6.07 Å². The fourth-order valence-corrected chi connectivity index (χ4v) is 4.15. The Labute approximate surface area is 188 Å². The van der Waals surface area contributed by atoms with Crippen LogP contribution < -0.4 is 9.64 Å². The van der Waals surface area contributed by atoms with E-state index in [9.17, 15) is 13.6 Å². The number of benzene rings is 2. The average Bonchev–Trinajstić information content (AvgIpc) is 3.22. The number of amides is 1. The highest BCUT2D eigenvalue weighted by Crippen LogP contribution is 2.33. The monoisotopic (exact) mass is 453 g/mol. The Hall–Kier alpha value is -3.39. The van der Waals surface area contributed by atoms with Gasteiger partial charge in [-0.1, -0.05) is 36.8 Å². The van der Waals surface area contributed by atoms with E-state index in [1.165, 1.54) is 11.0 Å². The molecule has 0 spiro atoms. The van der Waals surface area contributed by atoms with E-state index < -0.39 is 11.6 Å². The van der Waals surface area contributed by atoms with Gasteiger partial charge in [0.25, 0.3) is 5.91 Å². The summed E-state index contributed by atoms with van der Waals surface area (Å²) in [6.07, 6.45) is 3.55. The number of thiazole rings is 1. The lowest BCUT2D eigenvalue weighted by Crippen LogP contribution is -2.30. The third-order valence-electron chi connectivity index (χ3n) is 4.77. The van der Waals surface area contributed by atoms with Gasteiger partial charge in [0.1, 0.15) is 17.1 Å². The van der Waals surface area contributed by atoms with Crippen molar-refractivity contribution in [2.45, 2.75) is 26.3 Å². The molecule has 0 bridgehead atoms. The Bertz CT molecular complexity index is 1230. The number of aromatic nitrogens is 2. The lowest BCUT2D eigenvalue weighted by Gasteiger charge is -2.20. The molecule has 8 heteroatoms. The molecule has 0 N–H and O–H groups in total. The number of unbranched alkanes of at least 4 members (excludes halogenated alkanes) is 1. The smallest absolute Gasteiger partial charge is 0.260 e. The van der Waals surface area contributed by atoms with E-state index >= 15 is 0 Å². The molecular weight excluding hydrogens is 432 g/mol. The summed E-state index contributed by atoms with van der Waals surface area (Å²) in [5.74, 6) is -1.19. The molecule has 2 aromatic carbocycles. The summed E-state index contributed by atoms with van der Waals surface area (Å²) in [5, 5.41) is 0.262. The van der Waals surface area contributed by atoms with Gasteiger partial charge in [0.2, 0.25) is 0 Å². The van der Waals surface area contributed by atoms with Crippen LogP contribution in [0.25, 0.3) is 10.2 Å². The predicted octanol–water partition coefficient (Wildman–Crippen LogP) is 6.00. The van der Waals surface area contributed by atoms with Crippen molar-refractivity contribution in [2.24, 2.45) is 0 Å². The second-order valence-corrected chi connectivity index (χ2v) is 8.18. The molecule has 0 aliphatic carbocycles. The fourth-order valence-electron chi connectivity index (χ4n) is 3.15. The average molecular weight is 454 g/mol. The van der Waals surface area contributed by atoms with Crippen molar-refractivity contribution in [1.82, 2.24) is 9.97 Å². The number of rotatable bonds is 8. The number of fused-ring (bicyclic) bond motifs is 1. The first-order chi connectivity index (χ1) is 15.5. The number of nitrogens with zero attached hydrogens (tertiary/aromatic N) is 3. The second kappa shape index (κ2) is 9.82. The number of halogens is 2. The number of hydrogen-bond donors (Lipinski definition) is 0. The zero-order valence-corrected chi connectivity index (χ0v) is 18.2. The summed E-state index contributed by atoms with van der Waals surface area (Å²) in [5.41, 5.74) is 1.07. The lowest BCUT2D eigenvalue weighted by molar-refractivity contribution is 0.0984. The summed E-state index contributed by atoms with van der Waals surface area (Å²) in [7, 11) is 0. The van der Waals surface area contributed by atoms with E-state index in [1.54, 1.807) is 42.6 Å². The molecule has 4 aromatic rings. The first kappa shape index (κ1) is 21.8. The number of ether oxygens (including phenoxy) is 1. The number of hydrogen-bond acceptors (Lipinski definition) is 5. The van der Waals surface area contributed by atoms with Crippen LogP contribution in [0.15, 0.2) is 60.8 Å². The predicted molar refractivity (Wildman–Crippen MR) is 121 cm³/mol. The summed E-state index contributed by atoms with van der Waals surface area (Å²) < 4.78 is 34.0. The van der Waals surface area contributed by atoms with E-state index in [0.29, 0.717) is 28.3 Å². The third-order valence-corrected chi connectivity index (χ3v) is 5.80. The highest BCUT2D eigenvalue weighted by molar-refractivity contribution is 7.22. The van der Waals surface area contributed by atoms with Gasteiger partial charge < -0.3 is 4.74 Å². The van der Waals surface area contributed by atoms with Crippen LogP contribution in [-0.2, 0) is 6.54 Å². The number of pyridine rings is 1. The SMILES string of the molecule is CCCCOc1cccc(C(=O)N(Cc2ccccn2)c2nc3c(F)cc(F)cc3s2)c1. The molecule has 1 amide bonds. The second-order valence-electron chi connectivity index (χ2n) is 7.17. The van der Waals surface area contributed by atoms with Gasteiger partial charge in [-0.05, 0) is 42.8 Å². The van der Waals surface area contributed by atoms with Crippen molar-refractivity contribution in [3.63, 3.8) is 0 Å². The van der Waals surface area contributed by atoms with Crippen LogP contribution in [0.4, 0.5) is 13.9 Å².